The molecule has 1 amide bonds. The normalized spacial score (nSPS) is 12.0. The Morgan fingerprint density at radius 2 is 1.76 bits per heavy atom. The van der Waals surface area contributed by atoms with Crippen molar-refractivity contribution >= 4 is 5.91 Å². The molecule has 150 valence electrons. The van der Waals surface area contributed by atoms with E-state index in [4.69, 9.17) is 0 Å². The van der Waals surface area contributed by atoms with E-state index >= 15 is 0 Å². The first kappa shape index (κ1) is 20.5. The Hall–Kier alpha value is -3.25. The summed E-state index contributed by atoms with van der Waals surface area (Å²) < 4.78 is 1.24. The van der Waals surface area contributed by atoms with Gasteiger partial charge in [0.15, 0.2) is 0 Å². The summed E-state index contributed by atoms with van der Waals surface area (Å²) >= 11 is 0. The van der Waals surface area contributed by atoms with Crippen LogP contribution in [0, 0.1) is 12.8 Å². The van der Waals surface area contributed by atoms with Crippen molar-refractivity contribution in [2.24, 2.45) is 5.92 Å². The van der Waals surface area contributed by atoms with Gasteiger partial charge in [0.25, 0.3) is 11.5 Å². The van der Waals surface area contributed by atoms with Gasteiger partial charge in [0.1, 0.15) is 5.56 Å². The molecule has 0 aliphatic rings. The third kappa shape index (κ3) is 4.60. The zero-order valence-electron chi connectivity index (χ0n) is 16.8. The van der Waals surface area contributed by atoms with Gasteiger partial charge in [-0.1, -0.05) is 61.9 Å². The lowest BCUT2D eigenvalue weighted by atomic mass is 10.0. The fraction of sp³-hybridized carbons (Fsp3) is 0.261. The quantitative estimate of drug-likeness (QED) is 0.677. The molecule has 3 rings (SSSR count). The Balaban J connectivity index is 2.14. The minimum Gasteiger partial charge on any atom is -0.394 e. The van der Waals surface area contributed by atoms with Crippen molar-refractivity contribution in [1.29, 1.82) is 0 Å². The first-order valence-corrected chi connectivity index (χ1v) is 9.59. The first-order chi connectivity index (χ1) is 13.9. The predicted molar refractivity (Wildman–Crippen MR) is 113 cm³/mol. The highest BCUT2D eigenvalue weighted by Gasteiger charge is 2.21. The molecule has 1 aromatic heterocycles. The summed E-state index contributed by atoms with van der Waals surface area (Å²) in [5.41, 5.74) is 2.47. The predicted octanol–water partition coefficient (Wildman–Crippen LogP) is 2.95. The zero-order chi connectivity index (χ0) is 21.0. The van der Waals surface area contributed by atoms with E-state index in [1.165, 1.54) is 10.7 Å². The topological polar surface area (TPSA) is 84.2 Å². The van der Waals surface area contributed by atoms with Gasteiger partial charge in [0.2, 0.25) is 0 Å². The van der Waals surface area contributed by atoms with E-state index in [1.807, 2.05) is 63.2 Å². The zero-order valence-corrected chi connectivity index (χ0v) is 16.8. The molecular formula is C23H25N3O3. The van der Waals surface area contributed by atoms with Crippen LogP contribution in [0.2, 0.25) is 0 Å². The number of rotatable bonds is 6. The summed E-state index contributed by atoms with van der Waals surface area (Å²) in [7, 11) is 0. The number of carbonyl (C=O) groups is 1. The average Bonchev–Trinajstić information content (AvgIpc) is 2.73. The van der Waals surface area contributed by atoms with Crippen molar-refractivity contribution in [1.82, 2.24) is 15.1 Å². The molecule has 0 radical (unpaired) electrons. The van der Waals surface area contributed by atoms with Crippen LogP contribution in [0.15, 0.2) is 65.5 Å². The van der Waals surface area contributed by atoms with E-state index in [1.54, 1.807) is 12.1 Å². The lowest BCUT2D eigenvalue weighted by Gasteiger charge is -2.20. The lowest BCUT2D eigenvalue weighted by molar-refractivity contribution is 0.0894. The lowest BCUT2D eigenvalue weighted by Crippen LogP contribution is -2.43. The number of hydrogen-bond donors (Lipinski definition) is 2. The summed E-state index contributed by atoms with van der Waals surface area (Å²) in [4.78, 5) is 26.0. The van der Waals surface area contributed by atoms with Gasteiger partial charge in [-0.2, -0.15) is 9.78 Å². The van der Waals surface area contributed by atoms with Crippen LogP contribution in [0.3, 0.4) is 0 Å². The van der Waals surface area contributed by atoms with Gasteiger partial charge in [-0.15, -0.1) is 0 Å². The highest BCUT2D eigenvalue weighted by molar-refractivity contribution is 5.95. The molecule has 6 heteroatoms. The number of aryl methyl sites for hydroxylation is 1. The van der Waals surface area contributed by atoms with E-state index in [-0.39, 0.29) is 18.1 Å². The number of benzene rings is 2. The van der Waals surface area contributed by atoms with Crippen molar-refractivity contribution in [2.75, 3.05) is 6.61 Å². The van der Waals surface area contributed by atoms with Crippen LogP contribution in [0.5, 0.6) is 0 Å². The molecule has 29 heavy (non-hydrogen) atoms. The van der Waals surface area contributed by atoms with Crippen LogP contribution >= 0.6 is 0 Å². The maximum absolute atomic E-state index is 13.1. The summed E-state index contributed by atoms with van der Waals surface area (Å²) in [6.45, 7) is 5.58. The fourth-order valence-corrected chi connectivity index (χ4v) is 2.94. The number of aliphatic hydroxyl groups excluding tert-OH is 1. The first-order valence-electron chi connectivity index (χ1n) is 9.59. The Morgan fingerprint density at radius 1 is 1.10 bits per heavy atom. The average molecular weight is 391 g/mol. The Labute approximate surface area is 169 Å². The van der Waals surface area contributed by atoms with Crippen LogP contribution in [-0.4, -0.2) is 33.4 Å². The second-order valence-corrected chi connectivity index (χ2v) is 7.37. The molecule has 1 atom stereocenters. The van der Waals surface area contributed by atoms with E-state index in [2.05, 4.69) is 10.4 Å². The van der Waals surface area contributed by atoms with Crippen molar-refractivity contribution in [3.05, 3.63) is 82.1 Å². The van der Waals surface area contributed by atoms with Gasteiger partial charge in [-0.25, -0.2) is 0 Å². The molecule has 0 fully saturated rings. The second kappa shape index (κ2) is 8.84. The molecule has 3 aromatic rings. The molecule has 1 heterocycles. The van der Waals surface area contributed by atoms with E-state index in [0.717, 1.165) is 11.1 Å². The fourth-order valence-electron chi connectivity index (χ4n) is 2.94. The van der Waals surface area contributed by atoms with Crippen molar-refractivity contribution in [2.45, 2.75) is 26.8 Å². The molecular weight excluding hydrogens is 366 g/mol. The van der Waals surface area contributed by atoms with Gasteiger partial charge in [0, 0.05) is 5.56 Å². The highest BCUT2D eigenvalue weighted by atomic mass is 16.3. The molecule has 0 saturated heterocycles. The third-order valence-electron chi connectivity index (χ3n) is 4.82. The molecule has 0 bridgehead atoms. The van der Waals surface area contributed by atoms with Crippen LogP contribution in [0.1, 0.15) is 29.8 Å². The summed E-state index contributed by atoms with van der Waals surface area (Å²) in [6, 6.07) is 17.8. The number of para-hydroxylation sites is 1. The molecule has 0 aliphatic carbocycles. The minimum atomic E-state index is -0.525. The summed E-state index contributed by atoms with van der Waals surface area (Å²) in [6.07, 6.45) is 0. The van der Waals surface area contributed by atoms with Crippen LogP contribution in [0.25, 0.3) is 16.9 Å². The number of amides is 1. The highest BCUT2D eigenvalue weighted by Crippen LogP contribution is 2.18. The molecule has 2 aromatic carbocycles. The molecule has 0 spiro atoms. The third-order valence-corrected chi connectivity index (χ3v) is 4.82. The SMILES string of the molecule is Cc1ccc(-c2cc(C(=O)NC(CO)C(C)C)c(=O)n(-c3ccccc3)n2)cc1. The monoisotopic (exact) mass is 391 g/mol. The largest absolute Gasteiger partial charge is 0.394 e. The van der Waals surface area contributed by atoms with E-state index in [0.29, 0.717) is 11.4 Å². The molecule has 6 nitrogen and oxygen atoms in total. The standard InChI is InChI=1S/C23H25N3O3/c1-15(2)21(14-27)24-22(28)19-13-20(17-11-9-16(3)10-12-17)25-26(23(19)29)18-7-5-4-6-8-18/h4-13,15,21,27H,14H2,1-3H3,(H,24,28). The van der Waals surface area contributed by atoms with Gasteiger partial charge in [0.05, 0.1) is 24.0 Å². The maximum Gasteiger partial charge on any atom is 0.284 e. The van der Waals surface area contributed by atoms with Gasteiger partial charge < -0.3 is 10.4 Å². The molecule has 0 saturated carbocycles. The minimum absolute atomic E-state index is 0.0153. The van der Waals surface area contributed by atoms with E-state index < -0.39 is 17.5 Å². The van der Waals surface area contributed by atoms with Crippen LogP contribution in [0.4, 0.5) is 0 Å². The maximum atomic E-state index is 13.1. The van der Waals surface area contributed by atoms with Gasteiger partial charge in [-0.05, 0) is 31.0 Å². The molecule has 2 N–H and O–H groups in total. The Morgan fingerprint density at radius 3 is 2.34 bits per heavy atom. The molecule has 1 unspecified atom stereocenters. The van der Waals surface area contributed by atoms with Crippen molar-refractivity contribution in [3.63, 3.8) is 0 Å². The number of nitrogens with zero attached hydrogens (tertiary/aromatic N) is 2. The van der Waals surface area contributed by atoms with Crippen molar-refractivity contribution < 1.29 is 9.90 Å². The van der Waals surface area contributed by atoms with Gasteiger partial charge >= 0.3 is 0 Å². The summed E-state index contributed by atoms with van der Waals surface area (Å²) in [5, 5.41) is 16.8. The summed E-state index contributed by atoms with van der Waals surface area (Å²) in [5.74, 6) is -0.498. The van der Waals surface area contributed by atoms with Gasteiger partial charge in [-0.3, -0.25) is 9.59 Å². The number of aromatic nitrogens is 2. The number of hydrogen-bond acceptors (Lipinski definition) is 4. The number of carbonyl (C=O) groups excluding carboxylic acids is 1. The Kier molecular flexibility index (Phi) is 6.24. The Bertz CT molecular complexity index is 1040. The second-order valence-electron chi connectivity index (χ2n) is 7.37. The smallest absolute Gasteiger partial charge is 0.284 e. The van der Waals surface area contributed by atoms with Crippen molar-refractivity contribution in [3.8, 4) is 16.9 Å². The van der Waals surface area contributed by atoms with Crippen LogP contribution in [-0.2, 0) is 0 Å². The van der Waals surface area contributed by atoms with Crippen LogP contribution < -0.4 is 10.9 Å². The number of nitrogens with one attached hydrogen (secondary N) is 1. The van der Waals surface area contributed by atoms with E-state index in [9.17, 15) is 14.7 Å². The molecule has 0 aliphatic heterocycles. The number of aliphatic hydroxyl groups is 1.